The maximum atomic E-state index is 12.1. The molecule has 0 aromatic rings. The van der Waals surface area contributed by atoms with Crippen LogP contribution in [0.5, 0.6) is 0 Å². The highest BCUT2D eigenvalue weighted by molar-refractivity contribution is 7.95. The van der Waals surface area contributed by atoms with Gasteiger partial charge in [-0.1, -0.05) is 5.04 Å². The lowest BCUT2D eigenvalue weighted by molar-refractivity contribution is -0.432. The van der Waals surface area contributed by atoms with Crippen molar-refractivity contribution in [2.45, 2.75) is 160 Å². The summed E-state index contributed by atoms with van der Waals surface area (Å²) in [5.74, 6) is 0.0564. The van der Waals surface area contributed by atoms with Gasteiger partial charge in [-0.2, -0.15) is 39.1 Å². The van der Waals surface area contributed by atoms with Crippen molar-refractivity contribution in [3.8, 4) is 0 Å². The van der Waals surface area contributed by atoms with Crippen LogP contribution in [-0.4, -0.2) is 141 Å². The number of aliphatic hydroxyl groups is 1. The number of methoxy groups -OCH3 is 4. The third-order valence-corrected chi connectivity index (χ3v) is 14.2. The number of hydrogen-bond acceptors (Lipinski definition) is 19. The van der Waals surface area contributed by atoms with E-state index in [0.717, 1.165) is 24.9 Å². The number of azo groups is 3. The Kier molecular flexibility index (Phi) is 15.9. The number of nitrogens with two attached hydrogens (primary N) is 2. The van der Waals surface area contributed by atoms with Crippen LogP contribution in [0.3, 0.4) is 0 Å². The molecule has 0 aromatic carbocycles. The highest BCUT2D eigenvalue weighted by atomic mass is 32.2. The summed E-state index contributed by atoms with van der Waals surface area (Å²) < 4.78 is 61.7. The second-order valence-corrected chi connectivity index (χ2v) is 17.7. The minimum Gasteiger partial charge on any atom is -0.390 e. The van der Waals surface area contributed by atoms with Crippen LogP contribution >= 0.6 is 12.0 Å². The van der Waals surface area contributed by atoms with Crippen molar-refractivity contribution < 1.29 is 51.7 Å². The number of hydrogen-bond donors (Lipinski definition) is 5. The zero-order valence-corrected chi connectivity index (χ0v) is 32.5. The van der Waals surface area contributed by atoms with E-state index >= 15 is 0 Å². The van der Waals surface area contributed by atoms with Gasteiger partial charge >= 0.3 is 0 Å². The Morgan fingerprint density at radius 3 is 1.83 bits per heavy atom. The van der Waals surface area contributed by atoms with Crippen LogP contribution in [0.1, 0.15) is 70.6 Å². The number of aliphatic hydroxyl groups excluding tert-OH is 1. The van der Waals surface area contributed by atoms with Crippen molar-refractivity contribution >= 4 is 22.2 Å². The standard InChI is InChI=1S/C32H58N8O11S2/c1-46-25-13-22(26(47-2)12-20(25)34)37-35-18-7-5-16-9-29(52-51-50-42)31(32(41)19(16)11-18)40-39-24-15-27(48-3)23(14-28(24)49-4)38-36-21-8-6-17(33)10-30(21)53(43,44)45/h16-32,41-42H,5-15,33-34H2,1-4H3,(H,43,44,45). The summed E-state index contributed by atoms with van der Waals surface area (Å²) in [5.41, 5.74) is 12.2. The lowest BCUT2D eigenvalue weighted by Gasteiger charge is -2.46. The maximum absolute atomic E-state index is 12.1. The molecule has 0 amide bonds. The third kappa shape index (κ3) is 10.7. The molecule has 0 aromatic heterocycles. The molecule has 7 N–H and O–H groups in total. The summed E-state index contributed by atoms with van der Waals surface area (Å²) >= 11 is 0.905. The van der Waals surface area contributed by atoms with Gasteiger partial charge in [-0.15, -0.1) is 4.33 Å². The molecule has 0 bridgehead atoms. The number of rotatable bonds is 14. The second kappa shape index (κ2) is 19.7. The van der Waals surface area contributed by atoms with E-state index < -0.39 is 57.8 Å². The van der Waals surface area contributed by atoms with E-state index in [4.69, 9.17) is 60.5 Å². The van der Waals surface area contributed by atoms with Gasteiger partial charge in [0.2, 0.25) is 0 Å². The van der Waals surface area contributed by atoms with Gasteiger partial charge in [0.1, 0.15) is 11.3 Å². The van der Waals surface area contributed by atoms with Crippen molar-refractivity contribution in [3.63, 3.8) is 0 Å². The Hall–Kier alpha value is -1.34. The van der Waals surface area contributed by atoms with Gasteiger partial charge in [-0.25, -0.2) is 5.26 Å². The highest BCUT2D eigenvalue weighted by Crippen LogP contribution is 2.46. The number of ether oxygens (including phenoxy) is 4. The average Bonchev–Trinajstić information content (AvgIpc) is 3.15. The monoisotopic (exact) mass is 794 g/mol. The average molecular weight is 795 g/mol. The molecule has 304 valence electrons. The molecule has 0 heterocycles. The fourth-order valence-electron chi connectivity index (χ4n) is 9.02. The van der Waals surface area contributed by atoms with Gasteiger partial charge in [0.05, 0.1) is 66.0 Å². The van der Waals surface area contributed by atoms with Crippen LogP contribution in [0, 0.1) is 11.8 Å². The van der Waals surface area contributed by atoms with Crippen LogP contribution in [0.15, 0.2) is 30.7 Å². The van der Waals surface area contributed by atoms with E-state index in [0.29, 0.717) is 51.4 Å². The van der Waals surface area contributed by atoms with Crippen molar-refractivity contribution in [1.82, 2.24) is 0 Å². The molecular weight excluding hydrogens is 737 g/mol. The molecule has 0 radical (unpaired) electrons. The van der Waals surface area contributed by atoms with Crippen molar-refractivity contribution in [1.29, 1.82) is 0 Å². The van der Waals surface area contributed by atoms with E-state index in [2.05, 4.69) is 15.3 Å². The Morgan fingerprint density at radius 1 is 0.660 bits per heavy atom. The lowest BCUT2D eigenvalue weighted by Crippen LogP contribution is -2.51. The summed E-state index contributed by atoms with van der Waals surface area (Å²) in [6, 6.07) is -3.00. The van der Waals surface area contributed by atoms with Crippen molar-refractivity contribution in [2.75, 3.05) is 28.4 Å². The summed E-state index contributed by atoms with van der Waals surface area (Å²) in [5, 5.41) is 51.0. The highest BCUT2D eigenvalue weighted by Gasteiger charge is 2.49. The molecule has 19 nitrogen and oxygen atoms in total. The smallest absolute Gasteiger partial charge is 0.270 e. The van der Waals surface area contributed by atoms with Crippen LogP contribution in [0.25, 0.3) is 0 Å². The van der Waals surface area contributed by atoms with E-state index in [-0.39, 0.29) is 59.9 Å². The number of fused-ring (bicyclic) bond motifs is 1. The van der Waals surface area contributed by atoms with Crippen LogP contribution in [0.2, 0.25) is 0 Å². The summed E-state index contributed by atoms with van der Waals surface area (Å²) in [6.45, 7) is 0. The van der Waals surface area contributed by atoms with Crippen LogP contribution < -0.4 is 11.5 Å². The molecule has 5 fully saturated rings. The Balaban J connectivity index is 1.26. The van der Waals surface area contributed by atoms with Crippen molar-refractivity contribution in [2.24, 2.45) is 54.0 Å². The molecule has 17 unspecified atom stereocenters. The number of nitrogens with zero attached hydrogens (tertiary/aromatic N) is 6. The first-order valence-corrected chi connectivity index (χ1v) is 20.8. The normalized spacial score (nSPS) is 44.5. The Morgan fingerprint density at radius 2 is 1.23 bits per heavy atom. The van der Waals surface area contributed by atoms with E-state index in [9.17, 15) is 18.1 Å². The molecule has 5 aliphatic rings. The second-order valence-electron chi connectivity index (χ2n) is 15.2. The minimum atomic E-state index is -4.36. The topological polar surface area (TPSA) is 276 Å². The predicted octanol–water partition coefficient (Wildman–Crippen LogP) is 2.92. The molecule has 5 rings (SSSR count). The lowest BCUT2D eigenvalue weighted by atomic mass is 9.66. The molecule has 53 heavy (non-hydrogen) atoms. The zero-order valence-electron chi connectivity index (χ0n) is 30.9. The zero-order chi connectivity index (χ0) is 38.3. The molecule has 5 aliphatic carbocycles. The fraction of sp³-hybridized carbons (Fsp3) is 1.00. The molecule has 21 heteroatoms. The summed E-state index contributed by atoms with van der Waals surface area (Å²) in [7, 11) is 2.08. The molecule has 0 spiro atoms. The van der Waals surface area contributed by atoms with E-state index in [1.165, 1.54) is 0 Å². The predicted molar refractivity (Wildman–Crippen MR) is 192 cm³/mol. The van der Waals surface area contributed by atoms with Crippen LogP contribution in [0.4, 0.5) is 0 Å². The quantitative estimate of drug-likeness (QED) is 0.0556. The van der Waals surface area contributed by atoms with Gasteiger partial charge in [-0.05, 0) is 63.2 Å². The van der Waals surface area contributed by atoms with Gasteiger partial charge in [0, 0.05) is 71.8 Å². The molecular formula is C32H58N8O11S2. The molecule has 0 saturated heterocycles. The molecule has 5 saturated carbocycles. The molecule has 17 atom stereocenters. The third-order valence-electron chi connectivity index (χ3n) is 12.1. The van der Waals surface area contributed by atoms with Gasteiger partial charge in [-0.3, -0.25) is 4.55 Å². The Bertz CT molecular complexity index is 1350. The first-order valence-electron chi connectivity index (χ1n) is 18.5. The van der Waals surface area contributed by atoms with E-state index in [1.54, 1.807) is 28.4 Å². The first-order chi connectivity index (χ1) is 25.4. The van der Waals surface area contributed by atoms with Crippen LogP contribution in [-0.2, 0) is 38.4 Å². The minimum absolute atomic E-state index is 0.0818. The SMILES string of the molecule is COC1CC(N=NC2CCC3CC(SOOO)C(N=NC4CC(OC)C(N=NC5CCC(N)CC5S(=O)(=O)O)CC4OC)C(O)C3C2)C(OC)CC1N. The first kappa shape index (κ1) is 42.8. The largest absolute Gasteiger partial charge is 0.390 e. The van der Waals surface area contributed by atoms with Crippen molar-refractivity contribution in [3.05, 3.63) is 0 Å². The maximum Gasteiger partial charge on any atom is 0.270 e. The van der Waals surface area contributed by atoms with Gasteiger partial charge in [0.25, 0.3) is 10.1 Å². The fourth-order valence-corrected chi connectivity index (χ4v) is 10.9. The van der Waals surface area contributed by atoms with Gasteiger partial charge < -0.3 is 35.5 Å². The van der Waals surface area contributed by atoms with Gasteiger partial charge in [0.15, 0.2) is 0 Å². The summed E-state index contributed by atoms with van der Waals surface area (Å²) in [6.07, 6.45) is 4.01. The summed E-state index contributed by atoms with van der Waals surface area (Å²) in [4.78, 5) is 0. The Labute approximate surface area is 315 Å². The van der Waals surface area contributed by atoms with E-state index in [1.807, 2.05) is 0 Å². The molecule has 0 aliphatic heterocycles.